The number of halogens is 1. The number of nitrogens with zero attached hydrogens (tertiary/aromatic N) is 1. The van der Waals surface area contributed by atoms with Gasteiger partial charge in [0.1, 0.15) is 6.61 Å². The van der Waals surface area contributed by atoms with Crippen molar-refractivity contribution in [1.82, 2.24) is 4.90 Å². The van der Waals surface area contributed by atoms with Crippen LogP contribution < -0.4 is 0 Å². The van der Waals surface area contributed by atoms with E-state index < -0.39 is 0 Å². The van der Waals surface area contributed by atoms with E-state index in [0.717, 1.165) is 25.0 Å². The zero-order chi connectivity index (χ0) is 14.0. The summed E-state index contributed by atoms with van der Waals surface area (Å²) < 4.78 is 11.0. The van der Waals surface area contributed by atoms with Gasteiger partial charge in [0.15, 0.2) is 0 Å². The average Bonchev–Trinajstić information content (AvgIpc) is 2.86. The molecule has 20 heavy (non-hydrogen) atoms. The summed E-state index contributed by atoms with van der Waals surface area (Å²) in [5.41, 5.74) is 1.01. The molecule has 0 N–H and O–H groups in total. The molecule has 2 aliphatic heterocycles. The highest BCUT2D eigenvalue weighted by atomic mass is 79.9. The summed E-state index contributed by atoms with van der Waals surface area (Å²) in [5, 5.41) is 0. The molecule has 3 rings (SSSR count). The molecule has 0 bridgehead atoms. The molecule has 2 aliphatic rings. The molecule has 2 atom stereocenters. The Hall–Kier alpha value is -1.07. The predicted molar refractivity (Wildman–Crippen MR) is 78.8 cm³/mol. The van der Waals surface area contributed by atoms with E-state index >= 15 is 0 Å². The van der Waals surface area contributed by atoms with Crippen LogP contribution in [0, 0.1) is 0 Å². The molecule has 1 aromatic rings. The van der Waals surface area contributed by atoms with Crippen molar-refractivity contribution in [3.63, 3.8) is 0 Å². The first-order valence-electron chi connectivity index (χ1n) is 6.93. The Kier molecular flexibility index (Phi) is 3.98. The number of amides is 1. The van der Waals surface area contributed by atoms with Gasteiger partial charge >= 0.3 is 6.09 Å². The molecular formula is C15H18BrNO3. The van der Waals surface area contributed by atoms with Crippen LogP contribution >= 0.6 is 15.9 Å². The maximum Gasteiger partial charge on any atom is 0.410 e. The highest BCUT2D eigenvalue weighted by Crippen LogP contribution is 2.40. The minimum absolute atomic E-state index is 0.0863. The Labute approximate surface area is 127 Å². The monoisotopic (exact) mass is 339 g/mol. The van der Waals surface area contributed by atoms with Crippen LogP contribution in [-0.2, 0) is 16.1 Å². The fourth-order valence-corrected chi connectivity index (χ4v) is 3.67. The number of alkyl halides is 1. The average molecular weight is 340 g/mol. The van der Waals surface area contributed by atoms with E-state index in [0.29, 0.717) is 19.7 Å². The second kappa shape index (κ2) is 5.74. The Morgan fingerprint density at radius 1 is 1.45 bits per heavy atom. The molecule has 2 saturated heterocycles. The number of likely N-dealkylation sites (tertiary alicyclic amines) is 1. The SMILES string of the molecule is O=C(OCc1ccccc1)N1CC[C@@H]2OCC[C@]2(Br)C1. The quantitative estimate of drug-likeness (QED) is 0.777. The zero-order valence-electron chi connectivity index (χ0n) is 11.3. The minimum atomic E-state index is -0.238. The number of piperidine rings is 1. The van der Waals surface area contributed by atoms with Crippen LogP contribution in [0.1, 0.15) is 18.4 Å². The lowest BCUT2D eigenvalue weighted by molar-refractivity contribution is 0.0372. The molecule has 1 amide bonds. The van der Waals surface area contributed by atoms with Crippen LogP contribution in [0.2, 0.25) is 0 Å². The van der Waals surface area contributed by atoms with Crippen molar-refractivity contribution in [3.8, 4) is 0 Å². The topological polar surface area (TPSA) is 38.8 Å². The lowest BCUT2D eigenvalue weighted by Crippen LogP contribution is -2.52. The third-order valence-electron chi connectivity index (χ3n) is 3.99. The highest BCUT2D eigenvalue weighted by Gasteiger charge is 2.47. The van der Waals surface area contributed by atoms with E-state index in [2.05, 4.69) is 15.9 Å². The van der Waals surface area contributed by atoms with Gasteiger partial charge in [-0.05, 0) is 18.4 Å². The molecular weight excluding hydrogens is 322 g/mol. The first-order chi connectivity index (χ1) is 9.67. The smallest absolute Gasteiger partial charge is 0.410 e. The maximum absolute atomic E-state index is 12.1. The van der Waals surface area contributed by atoms with Gasteiger partial charge in [0.2, 0.25) is 0 Å². The van der Waals surface area contributed by atoms with Crippen molar-refractivity contribution in [3.05, 3.63) is 35.9 Å². The number of carbonyl (C=O) groups is 1. The molecule has 108 valence electrons. The molecule has 2 fully saturated rings. The summed E-state index contributed by atoms with van der Waals surface area (Å²) in [5.74, 6) is 0. The van der Waals surface area contributed by atoms with Crippen molar-refractivity contribution >= 4 is 22.0 Å². The van der Waals surface area contributed by atoms with Gasteiger partial charge in [0.05, 0.1) is 10.4 Å². The number of rotatable bonds is 2. The van der Waals surface area contributed by atoms with Gasteiger partial charge in [0.25, 0.3) is 0 Å². The summed E-state index contributed by atoms with van der Waals surface area (Å²) >= 11 is 3.75. The number of carbonyl (C=O) groups excluding carboxylic acids is 1. The van der Waals surface area contributed by atoms with Gasteiger partial charge in [-0.2, -0.15) is 0 Å². The van der Waals surface area contributed by atoms with Crippen molar-refractivity contribution in [2.75, 3.05) is 19.7 Å². The zero-order valence-corrected chi connectivity index (χ0v) is 12.8. The number of benzene rings is 1. The third kappa shape index (κ3) is 2.83. The summed E-state index contributed by atoms with van der Waals surface area (Å²) in [6.45, 7) is 2.45. The van der Waals surface area contributed by atoms with E-state index in [4.69, 9.17) is 9.47 Å². The summed E-state index contributed by atoms with van der Waals surface area (Å²) in [6, 6.07) is 9.74. The van der Waals surface area contributed by atoms with Crippen molar-refractivity contribution in [2.24, 2.45) is 0 Å². The molecule has 1 aromatic carbocycles. The summed E-state index contributed by atoms with van der Waals surface area (Å²) in [4.78, 5) is 13.9. The van der Waals surface area contributed by atoms with Crippen molar-refractivity contribution in [2.45, 2.75) is 29.9 Å². The molecule has 0 saturated carbocycles. The molecule has 0 aromatic heterocycles. The molecule has 5 heteroatoms. The maximum atomic E-state index is 12.1. The molecule has 2 heterocycles. The van der Waals surface area contributed by atoms with E-state index in [-0.39, 0.29) is 16.5 Å². The summed E-state index contributed by atoms with van der Waals surface area (Å²) in [6.07, 6.45) is 1.80. The first kappa shape index (κ1) is 13.9. The van der Waals surface area contributed by atoms with Crippen LogP contribution in [-0.4, -0.2) is 41.1 Å². The lowest BCUT2D eigenvalue weighted by Gasteiger charge is -2.39. The second-order valence-electron chi connectivity index (χ2n) is 5.39. The summed E-state index contributed by atoms with van der Waals surface area (Å²) in [7, 11) is 0. The van der Waals surface area contributed by atoms with Crippen LogP contribution in [0.15, 0.2) is 30.3 Å². The Balaban J connectivity index is 1.55. The Morgan fingerprint density at radius 3 is 3.05 bits per heavy atom. The van der Waals surface area contributed by atoms with Crippen LogP contribution in [0.5, 0.6) is 0 Å². The van der Waals surface area contributed by atoms with E-state index in [9.17, 15) is 4.79 Å². The van der Waals surface area contributed by atoms with Crippen molar-refractivity contribution < 1.29 is 14.3 Å². The largest absolute Gasteiger partial charge is 0.445 e. The number of fused-ring (bicyclic) bond motifs is 1. The number of hydrogen-bond donors (Lipinski definition) is 0. The van der Waals surface area contributed by atoms with Crippen LogP contribution in [0.25, 0.3) is 0 Å². The first-order valence-corrected chi connectivity index (χ1v) is 7.73. The normalized spacial score (nSPS) is 29.1. The molecule has 0 radical (unpaired) electrons. The van der Waals surface area contributed by atoms with Gasteiger partial charge in [-0.15, -0.1) is 0 Å². The number of ether oxygens (including phenoxy) is 2. The standard InChI is InChI=1S/C15H18BrNO3/c16-15-7-9-19-13(15)6-8-17(11-15)14(18)20-10-12-4-2-1-3-5-12/h1-5,13H,6-11H2/t13-,15-/m0/s1. The third-order valence-corrected chi connectivity index (χ3v) is 5.15. The van der Waals surface area contributed by atoms with Gasteiger partial charge < -0.3 is 14.4 Å². The predicted octanol–water partition coefficient (Wildman–Crippen LogP) is 2.95. The Morgan fingerprint density at radius 2 is 2.25 bits per heavy atom. The minimum Gasteiger partial charge on any atom is -0.445 e. The van der Waals surface area contributed by atoms with Gasteiger partial charge in [-0.1, -0.05) is 46.3 Å². The van der Waals surface area contributed by atoms with Crippen LogP contribution in [0.3, 0.4) is 0 Å². The van der Waals surface area contributed by atoms with E-state index in [1.54, 1.807) is 4.90 Å². The molecule has 0 spiro atoms. The van der Waals surface area contributed by atoms with Gasteiger partial charge in [-0.3, -0.25) is 0 Å². The second-order valence-corrected chi connectivity index (χ2v) is 6.97. The van der Waals surface area contributed by atoms with Gasteiger partial charge in [-0.25, -0.2) is 4.79 Å². The molecule has 0 unspecified atom stereocenters. The fourth-order valence-electron chi connectivity index (χ4n) is 2.84. The number of hydrogen-bond acceptors (Lipinski definition) is 3. The Bertz CT molecular complexity index is 481. The lowest BCUT2D eigenvalue weighted by atomic mass is 9.94. The van der Waals surface area contributed by atoms with E-state index in [1.165, 1.54) is 0 Å². The molecule has 4 nitrogen and oxygen atoms in total. The fraction of sp³-hybridized carbons (Fsp3) is 0.533. The highest BCUT2D eigenvalue weighted by molar-refractivity contribution is 9.10. The van der Waals surface area contributed by atoms with Crippen molar-refractivity contribution in [1.29, 1.82) is 0 Å². The van der Waals surface area contributed by atoms with Crippen LogP contribution in [0.4, 0.5) is 4.79 Å². The van der Waals surface area contributed by atoms with Gasteiger partial charge in [0, 0.05) is 19.7 Å². The van der Waals surface area contributed by atoms with E-state index in [1.807, 2.05) is 30.3 Å². The molecule has 0 aliphatic carbocycles.